The molecule has 0 aliphatic heterocycles. The zero-order chi connectivity index (χ0) is 14.1. The number of thiazole rings is 1. The Kier molecular flexibility index (Phi) is 3.23. The number of benzene rings is 1. The molecule has 1 unspecified atom stereocenters. The van der Waals surface area contributed by atoms with Gasteiger partial charge in [-0.25, -0.2) is 9.97 Å². The molecule has 1 aromatic carbocycles. The van der Waals surface area contributed by atoms with E-state index in [2.05, 4.69) is 20.3 Å². The van der Waals surface area contributed by atoms with Crippen LogP contribution in [0.4, 0.5) is 5.95 Å². The van der Waals surface area contributed by atoms with Gasteiger partial charge in [0, 0.05) is 11.1 Å². The van der Waals surface area contributed by atoms with Crippen LogP contribution in [0.2, 0.25) is 0 Å². The molecule has 20 heavy (non-hydrogen) atoms. The summed E-state index contributed by atoms with van der Waals surface area (Å²) in [5.41, 5.74) is 0.543. The third kappa shape index (κ3) is 2.42. The molecule has 0 saturated carbocycles. The van der Waals surface area contributed by atoms with Gasteiger partial charge in [0.2, 0.25) is 5.95 Å². The molecule has 0 amide bonds. The van der Waals surface area contributed by atoms with Crippen LogP contribution in [0, 0.1) is 6.92 Å². The number of hydrogen-bond donors (Lipinski definition) is 2. The number of nitrogens with one attached hydrogen (secondary N) is 2. The summed E-state index contributed by atoms with van der Waals surface area (Å²) in [7, 11) is 0. The fourth-order valence-electron chi connectivity index (χ4n) is 1.99. The van der Waals surface area contributed by atoms with Gasteiger partial charge in [0.05, 0.1) is 16.9 Å². The summed E-state index contributed by atoms with van der Waals surface area (Å²) in [4.78, 5) is 24.6. The summed E-state index contributed by atoms with van der Waals surface area (Å²) >= 11 is 1.63. The Balaban J connectivity index is 1.93. The molecule has 3 aromatic rings. The molecular weight excluding hydrogens is 272 g/mol. The topological polar surface area (TPSA) is 70.7 Å². The first-order valence-corrected chi connectivity index (χ1v) is 7.13. The van der Waals surface area contributed by atoms with Gasteiger partial charge in [0.25, 0.3) is 5.56 Å². The van der Waals surface area contributed by atoms with Crippen molar-refractivity contribution < 1.29 is 0 Å². The maximum absolute atomic E-state index is 12.0. The van der Waals surface area contributed by atoms with E-state index >= 15 is 0 Å². The SMILES string of the molecule is Cc1cnc(C(C)Nc2nc3ccccc3c(=O)[nH]2)s1. The molecule has 3 rings (SSSR count). The van der Waals surface area contributed by atoms with Crippen molar-refractivity contribution in [2.75, 3.05) is 5.32 Å². The number of aromatic amines is 1. The van der Waals surface area contributed by atoms with E-state index < -0.39 is 0 Å². The van der Waals surface area contributed by atoms with E-state index in [1.54, 1.807) is 17.4 Å². The maximum atomic E-state index is 12.0. The van der Waals surface area contributed by atoms with Gasteiger partial charge in [0.1, 0.15) is 5.01 Å². The van der Waals surface area contributed by atoms with E-state index in [0.29, 0.717) is 16.9 Å². The lowest BCUT2D eigenvalue weighted by atomic mass is 10.2. The Bertz CT molecular complexity index is 808. The van der Waals surface area contributed by atoms with Crippen LogP contribution in [0.25, 0.3) is 10.9 Å². The van der Waals surface area contributed by atoms with Crippen LogP contribution < -0.4 is 10.9 Å². The van der Waals surface area contributed by atoms with Gasteiger partial charge in [-0.3, -0.25) is 9.78 Å². The Morgan fingerprint density at radius 1 is 1.35 bits per heavy atom. The fourth-order valence-corrected chi connectivity index (χ4v) is 2.77. The lowest BCUT2D eigenvalue weighted by Crippen LogP contribution is -2.15. The van der Waals surface area contributed by atoms with Crippen LogP contribution >= 0.6 is 11.3 Å². The molecular formula is C14H14N4OS. The van der Waals surface area contributed by atoms with Crippen molar-refractivity contribution in [1.29, 1.82) is 0 Å². The number of nitrogens with zero attached hydrogens (tertiary/aromatic N) is 2. The summed E-state index contributed by atoms with van der Waals surface area (Å²) in [5, 5.41) is 4.75. The van der Waals surface area contributed by atoms with E-state index in [4.69, 9.17) is 0 Å². The predicted octanol–water partition coefficient (Wildman–Crippen LogP) is 2.86. The van der Waals surface area contributed by atoms with E-state index in [-0.39, 0.29) is 11.6 Å². The van der Waals surface area contributed by atoms with Crippen molar-refractivity contribution in [1.82, 2.24) is 15.0 Å². The van der Waals surface area contributed by atoms with Crippen molar-refractivity contribution in [3.63, 3.8) is 0 Å². The summed E-state index contributed by atoms with van der Waals surface area (Å²) in [6.07, 6.45) is 1.84. The van der Waals surface area contributed by atoms with Gasteiger partial charge >= 0.3 is 0 Å². The summed E-state index contributed by atoms with van der Waals surface area (Å²) < 4.78 is 0. The second-order valence-corrected chi connectivity index (χ2v) is 5.87. The highest BCUT2D eigenvalue weighted by molar-refractivity contribution is 7.11. The summed E-state index contributed by atoms with van der Waals surface area (Å²) in [6, 6.07) is 7.28. The van der Waals surface area contributed by atoms with Gasteiger partial charge in [0.15, 0.2) is 0 Å². The molecule has 0 aliphatic carbocycles. The third-order valence-corrected chi connectivity index (χ3v) is 4.07. The van der Waals surface area contributed by atoms with Gasteiger partial charge in [-0.1, -0.05) is 12.1 Å². The van der Waals surface area contributed by atoms with Crippen molar-refractivity contribution in [2.24, 2.45) is 0 Å². The zero-order valence-corrected chi connectivity index (χ0v) is 12.0. The lowest BCUT2D eigenvalue weighted by molar-refractivity contribution is 0.849. The quantitative estimate of drug-likeness (QED) is 0.776. The zero-order valence-electron chi connectivity index (χ0n) is 11.2. The van der Waals surface area contributed by atoms with Crippen molar-refractivity contribution >= 4 is 28.2 Å². The third-order valence-electron chi connectivity index (χ3n) is 2.98. The molecule has 5 nitrogen and oxygen atoms in total. The van der Waals surface area contributed by atoms with Gasteiger partial charge in [-0.15, -0.1) is 11.3 Å². The molecule has 6 heteroatoms. The fraction of sp³-hybridized carbons (Fsp3) is 0.214. The Labute approximate surface area is 119 Å². The van der Waals surface area contributed by atoms with E-state index in [9.17, 15) is 4.79 Å². The maximum Gasteiger partial charge on any atom is 0.260 e. The first-order valence-electron chi connectivity index (χ1n) is 6.31. The molecule has 0 fully saturated rings. The number of H-pyrrole nitrogens is 1. The lowest BCUT2D eigenvalue weighted by Gasteiger charge is -2.11. The second kappa shape index (κ2) is 5.05. The normalized spacial score (nSPS) is 12.5. The van der Waals surface area contributed by atoms with Crippen LogP contribution in [-0.2, 0) is 0 Å². The average molecular weight is 286 g/mol. The molecule has 0 saturated heterocycles. The number of rotatable bonds is 3. The minimum absolute atomic E-state index is 0.00184. The molecule has 2 N–H and O–H groups in total. The second-order valence-electron chi connectivity index (χ2n) is 4.61. The highest BCUT2D eigenvalue weighted by Crippen LogP contribution is 2.21. The van der Waals surface area contributed by atoms with Gasteiger partial charge in [-0.2, -0.15) is 0 Å². The number of anilines is 1. The van der Waals surface area contributed by atoms with Gasteiger partial charge in [-0.05, 0) is 26.0 Å². The standard InChI is InChI=1S/C14H14N4OS/c1-8-7-15-13(20-8)9(2)16-14-17-11-6-4-3-5-10(11)12(19)18-14/h3-7,9H,1-2H3,(H2,16,17,18,19). The molecule has 2 heterocycles. The van der Waals surface area contributed by atoms with Crippen LogP contribution in [0.5, 0.6) is 0 Å². The highest BCUT2D eigenvalue weighted by Gasteiger charge is 2.11. The monoisotopic (exact) mass is 286 g/mol. The molecule has 2 aromatic heterocycles. The summed E-state index contributed by atoms with van der Waals surface area (Å²) in [6.45, 7) is 4.01. The number of fused-ring (bicyclic) bond motifs is 1. The Morgan fingerprint density at radius 2 is 2.15 bits per heavy atom. The van der Waals surface area contributed by atoms with Gasteiger partial charge < -0.3 is 5.32 Å². The molecule has 1 atom stereocenters. The van der Waals surface area contributed by atoms with Crippen molar-refractivity contribution in [2.45, 2.75) is 19.9 Å². The Morgan fingerprint density at radius 3 is 2.90 bits per heavy atom. The van der Waals surface area contributed by atoms with E-state index in [0.717, 1.165) is 9.88 Å². The number of aromatic nitrogens is 3. The molecule has 0 spiro atoms. The first kappa shape index (κ1) is 12.8. The van der Waals surface area contributed by atoms with Crippen LogP contribution in [0.3, 0.4) is 0 Å². The van der Waals surface area contributed by atoms with E-state index in [1.807, 2.05) is 38.2 Å². The molecule has 0 aliphatic rings. The predicted molar refractivity (Wildman–Crippen MR) is 81.3 cm³/mol. The van der Waals surface area contributed by atoms with Crippen LogP contribution in [0.1, 0.15) is 22.9 Å². The van der Waals surface area contributed by atoms with E-state index in [1.165, 1.54) is 0 Å². The Hall–Kier alpha value is -2.21. The highest BCUT2D eigenvalue weighted by atomic mass is 32.1. The van der Waals surface area contributed by atoms with Crippen molar-refractivity contribution in [3.05, 3.63) is 50.7 Å². The smallest absolute Gasteiger partial charge is 0.260 e. The van der Waals surface area contributed by atoms with Crippen molar-refractivity contribution in [3.8, 4) is 0 Å². The number of hydrogen-bond acceptors (Lipinski definition) is 5. The number of para-hydroxylation sites is 1. The minimum Gasteiger partial charge on any atom is -0.347 e. The molecule has 102 valence electrons. The largest absolute Gasteiger partial charge is 0.347 e. The molecule has 0 radical (unpaired) electrons. The minimum atomic E-state index is -0.138. The summed E-state index contributed by atoms with van der Waals surface area (Å²) in [5.74, 6) is 0.467. The molecule has 0 bridgehead atoms. The first-order chi connectivity index (χ1) is 9.63. The average Bonchev–Trinajstić information content (AvgIpc) is 2.86. The van der Waals surface area contributed by atoms with Crippen LogP contribution in [0.15, 0.2) is 35.3 Å². The van der Waals surface area contributed by atoms with Crippen LogP contribution in [-0.4, -0.2) is 15.0 Å². The number of aryl methyl sites for hydroxylation is 1.